The smallest absolute Gasteiger partial charge is 0.271 e. The Kier molecular flexibility index (Phi) is 6.54. The van der Waals surface area contributed by atoms with Gasteiger partial charge in [0.1, 0.15) is 6.61 Å². The number of benzene rings is 2. The molecule has 0 saturated heterocycles. The molecule has 0 aliphatic carbocycles. The average molecular weight is 411 g/mol. The summed E-state index contributed by atoms with van der Waals surface area (Å²) in [5.41, 5.74) is 3.01. The molecule has 0 unspecified atom stereocenters. The third-order valence-electron chi connectivity index (χ3n) is 3.84. The molecule has 0 spiro atoms. The summed E-state index contributed by atoms with van der Waals surface area (Å²) >= 11 is 1.61. The zero-order chi connectivity index (χ0) is 20.6. The van der Waals surface area contributed by atoms with Gasteiger partial charge in [-0.3, -0.25) is 14.9 Å². The minimum absolute atomic E-state index is 0.145. The van der Waals surface area contributed by atoms with Crippen LogP contribution in [-0.4, -0.2) is 24.2 Å². The second-order valence-corrected chi connectivity index (χ2v) is 6.82. The third-order valence-corrected chi connectivity index (χ3v) is 4.69. The van der Waals surface area contributed by atoms with Crippen molar-refractivity contribution in [3.8, 4) is 11.5 Å². The van der Waals surface area contributed by atoms with Gasteiger partial charge >= 0.3 is 0 Å². The molecular formula is C20H17N3O5S. The van der Waals surface area contributed by atoms with Crippen LogP contribution in [0.5, 0.6) is 11.5 Å². The molecule has 1 N–H and O–H groups in total. The van der Waals surface area contributed by atoms with E-state index in [1.54, 1.807) is 36.6 Å². The van der Waals surface area contributed by atoms with Gasteiger partial charge in [-0.05, 0) is 41.3 Å². The van der Waals surface area contributed by atoms with Crippen molar-refractivity contribution in [1.82, 2.24) is 5.43 Å². The van der Waals surface area contributed by atoms with Gasteiger partial charge in [0, 0.05) is 22.6 Å². The average Bonchev–Trinajstić information content (AvgIpc) is 3.26. The Balaban J connectivity index is 1.63. The first-order valence-electron chi connectivity index (χ1n) is 8.48. The summed E-state index contributed by atoms with van der Waals surface area (Å²) in [6, 6.07) is 14.6. The number of ether oxygens (including phenoxy) is 2. The molecule has 2 aromatic carbocycles. The van der Waals surface area contributed by atoms with Crippen LogP contribution in [0.15, 0.2) is 65.1 Å². The summed E-state index contributed by atoms with van der Waals surface area (Å²) in [6.07, 6.45) is 1.45. The zero-order valence-corrected chi connectivity index (χ0v) is 16.2. The highest BCUT2D eigenvalue weighted by molar-refractivity contribution is 7.09. The highest BCUT2D eigenvalue weighted by Crippen LogP contribution is 2.28. The summed E-state index contributed by atoms with van der Waals surface area (Å²) in [7, 11) is 1.54. The molecule has 3 rings (SSSR count). The second kappa shape index (κ2) is 9.47. The van der Waals surface area contributed by atoms with Gasteiger partial charge in [-0.25, -0.2) is 5.43 Å². The lowest BCUT2D eigenvalue weighted by atomic mass is 10.2. The Morgan fingerprint density at radius 2 is 2.07 bits per heavy atom. The maximum absolute atomic E-state index is 12.1. The van der Waals surface area contributed by atoms with Crippen molar-refractivity contribution < 1.29 is 19.2 Å². The van der Waals surface area contributed by atoms with E-state index in [9.17, 15) is 14.9 Å². The van der Waals surface area contributed by atoms with Gasteiger partial charge in [-0.2, -0.15) is 5.10 Å². The predicted molar refractivity (Wildman–Crippen MR) is 110 cm³/mol. The van der Waals surface area contributed by atoms with Crippen LogP contribution in [0.4, 0.5) is 5.69 Å². The number of carbonyl (C=O) groups excluding carboxylic acids is 1. The number of nitrogens with one attached hydrogen (secondary N) is 1. The topological polar surface area (TPSA) is 103 Å². The van der Waals surface area contributed by atoms with Gasteiger partial charge in [0.15, 0.2) is 11.5 Å². The normalized spacial score (nSPS) is 10.7. The highest BCUT2D eigenvalue weighted by Gasteiger charge is 2.11. The summed E-state index contributed by atoms with van der Waals surface area (Å²) in [4.78, 5) is 23.4. The van der Waals surface area contributed by atoms with E-state index in [1.165, 1.54) is 30.5 Å². The molecule has 0 atom stereocenters. The first-order chi connectivity index (χ1) is 14.1. The van der Waals surface area contributed by atoms with Crippen molar-refractivity contribution in [3.05, 3.63) is 86.1 Å². The van der Waals surface area contributed by atoms with Crippen LogP contribution in [0, 0.1) is 10.1 Å². The lowest BCUT2D eigenvalue weighted by molar-refractivity contribution is -0.384. The van der Waals surface area contributed by atoms with E-state index in [2.05, 4.69) is 10.5 Å². The van der Waals surface area contributed by atoms with Crippen LogP contribution in [0.25, 0.3) is 0 Å². The maximum atomic E-state index is 12.1. The Morgan fingerprint density at radius 3 is 2.79 bits per heavy atom. The van der Waals surface area contributed by atoms with Crippen molar-refractivity contribution >= 4 is 29.1 Å². The Labute approximate surface area is 170 Å². The van der Waals surface area contributed by atoms with Gasteiger partial charge in [0.05, 0.1) is 18.2 Å². The van der Waals surface area contributed by atoms with E-state index in [0.717, 1.165) is 4.88 Å². The molecule has 8 nitrogen and oxygen atoms in total. The number of thiophene rings is 1. The van der Waals surface area contributed by atoms with Crippen LogP contribution >= 0.6 is 11.3 Å². The number of non-ortho nitro benzene ring substituents is 1. The fraction of sp³-hybridized carbons (Fsp3) is 0.100. The number of hydrazone groups is 1. The third kappa shape index (κ3) is 5.39. The molecule has 0 aliphatic rings. The highest BCUT2D eigenvalue weighted by atomic mass is 32.1. The number of rotatable bonds is 8. The van der Waals surface area contributed by atoms with Crippen LogP contribution < -0.4 is 14.9 Å². The second-order valence-electron chi connectivity index (χ2n) is 5.78. The SMILES string of the molecule is COc1cc(/C=N\NC(=O)c2cccc([N+](=O)[O-])c2)ccc1OCc1cccs1. The van der Waals surface area contributed by atoms with Gasteiger partial charge < -0.3 is 9.47 Å². The van der Waals surface area contributed by atoms with E-state index in [1.807, 2.05) is 17.5 Å². The number of amides is 1. The number of carbonyl (C=O) groups is 1. The minimum atomic E-state index is -0.561. The number of hydrogen-bond donors (Lipinski definition) is 1. The van der Waals surface area contributed by atoms with Crippen molar-refractivity contribution in [1.29, 1.82) is 0 Å². The van der Waals surface area contributed by atoms with Crippen molar-refractivity contribution in [2.45, 2.75) is 6.61 Å². The fourth-order valence-corrected chi connectivity index (χ4v) is 3.03. The van der Waals surface area contributed by atoms with Crippen molar-refractivity contribution in [2.24, 2.45) is 5.10 Å². The molecule has 29 heavy (non-hydrogen) atoms. The van der Waals surface area contributed by atoms with Gasteiger partial charge in [0.25, 0.3) is 11.6 Å². The van der Waals surface area contributed by atoms with Crippen LogP contribution in [0.1, 0.15) is 20.8 Å². The maximum Gasteiger partial charge on any atom is 0.271 e. The molecule has 0 bridgehead atoms. The van der Waals surface area contributed by atoms with Crippen molar-refractivity contribution in [2.75, 3.05) is 7.11 Å². The lowest BCUT2D eigenvalue weighted by Crippen LogP contribution is -2.17. The van der Waals surface area contributed by atoms with Gasteiger partial charge in [-0.15, -0.1) is 11.3 Å². The molecular weight excluding hydrogens is 394 g/mol. The monoisotopic (exact) mass is 411 g/mol. The number of nitro groups is 1. The van der Waals surface area contributed by atoms with E-state index in [4.69, 9.17) is 9.47 Å². The van der Waals surface area contributed by atoms with Crippen molar-refractivity contribution in [3.63, 3.8) is 0 Å². The molecule has 148 valence electrons. The first kappa shape index (κ1) is 20.0. The molecule has 9 heteroatoms. The molecule has 0 saturated carbocycles. The Morgan fingerprint density at radius 1 is 1.21 bits per heavy atom. The Hall–Kier alpha value is -3.72. The lowest BCUT2D eigenvalue weighted by Gasteiger charge is -2.10. The summed E-state index contributed by atoms with van der Waals surface area (Å²) < 4.78 is 11.1. The summed E-state index contributed by atoms with van der Waals surface area (Å²) in [5.74, 6) is 0.585. The Bertz CT molecular complexity index is 1030. The molecule has 3 aromatic rings. The van der Waals surface area contributed by atoms with Crippen LogP contribution in [0.2, 0.25) is 0 Å². The summed E-state index contributed by atoms with van der Waals surface area (Å²) in [5, 5.41) is 16.7. The summed E-state index contributed by atoms with van der Waals surface area (Å²) in [6.45, 7) is 0.445. The standard InChI is InChI=1S/C20H17N3O5S/c1-27-19-10-14(7-8-18(19)28-13-17-6-3-9-29-17)12-21-22-20(24)15-4-2-5-16(11-15)23(25)26/h2-12H,13H2,1H3,(H,22,24)/b21-12-. The largest absolute Gasteiger partial charge is 0.493 e. The van der Waals surface area contributed by atoms with Crippen LogP contribution in [0.3, 0.4) is 0 Å². The number of hydrogen-bond acceptors (Lipinski definition) is 7. The molecule has 0 aliphatic heterocycles. The van der Waals surface area contributed by atoms with E-state index in [-0.39, 0.29) is 11.3 Å². The molecule has 0 radical (unpaired) electrons. The zero-order valence-electron chi connectivity index (χ0n) is 15.4. The van der Waals surface area contributed by atoms with Crippen LogP contribution in [-0.2, 0) is 6.61 Å². The van der Waals surface area contributed by atoms with E-state index >= 15 is 0 Å². The number of nitro benzene ring substituents is 1. The molecule has 1 amide bonds. The fourth-order valence-electron chi connectivity index (χ4n) is 2.42. The number of nitrogens with zero attached hydrogens (tertiary/aromatic N) is 2. The molecule has 0 fully saturated rings. The van der Waals surface area contributed by atoms with Gasteiger partial charge in [-0.1, -0.05) is 12.1 Å². The number of methoxy groups -OCH3 is 1. The molecule has 1 heterocycles. The van der Waals surface area contributed by atoms with E-state index in [0.29, 0.717) is 23.7 Å². The molecule has 1 aromatic heterocycles. The first-order valence-corrected chi connectivity index (χ1v) is 9.36. The predicted octanol–water partition coefficient (Wildman–Crippen LogP) is 4.01. The van der Waals surface area contributed by atoms with E-state index < -0.39 is 10.8 Å². The van der Waals surface area contributed by atoms with Gasteiger partial charge in [0.2, 0.25) is 0 Å². The quantitative estimate of drug-likeness (QED) is 0.343. The minimum Gasteiger partial charge on any atom is -0.493 e.